The van der Waals surface area contributed by atoms with Crippen molar-refractivity contribution in [2.75, 3.05) is 12.8 Å². The maximum Gasteiger partial charge on any atom is 0.251 e. The van der Waals surface area contributed by atoms with Crippen molar-refractivity contribution >= 4 is 15.7 Å². The molecule has 0 aliphatic heterocycles. The van der Waals surface area contributed by atoms with Crippen molar-refractivity contribution in [2.24, 2.45) is 11.8 Å². The predicted octanol–water partition coefficient (Wildman–Crippen LogP) is 2.65. The molecule has 1 fully saturated rings. The molecule has 1 aromatic carbocycles. The summed E-state index contributed by atoms with van der Waals surface area (Å²) in [6.07, 6.45) is 5.99. The van der Waals surface area contributed by atoms with Gasteiger partial charge in [0.2, 0.25) is 0 Å². The van der Waals surface area contributed by atoms with E-state index in [9.17, 15) is 13.2 Å². The molecule has 116 valence electrons. The molecule has 0 spiro atoms. The average Bonchev–Trinajstić information content (AvgIpc) is 2.45. The van der Waals surface area contributed by atoms with Gasteiger partial charge in [0.1, 0.15) is 0 Å². The van der Waals surface area contributed by atoms with Crippen LogP contribution in [0.1, 0.15) is 43.0 Å². The molecule has 0 radical (unpaired) electrons. The first-order valence-corrected chi connectivity index (χ1v) is 9.33. The fourth-order valence-electron chi connectivity index (χ4n) is 2.73. The van der Waals surface area contributed by atoms with Gasteiger partial charge >= 0.3 is 0 Å². The van der Waals surface area contributed by atoms with Crippen LogP contribution in [-0.4, -0.2) is 27.1 Å². The number of hydrogen-bond acceptors (Lipinski definition) is 3. The first-order valence-electron chi connectivity index (χ1n) is 7.44. The Labute approximate surface area is 126 Å². The first kappa shape index (κ1) is 16.0. The Morgan fingerprint density at radius 3 is 2.24 bits per heavy atom. The summed E-state index contributed by atoms with van der Waals surface area (Å²) >= 11 is 0. The third-order valence-electron chi connectivity index (χ3n) is 4.23. The number of sulfone groups is 1. The number of rotatable bonds is 4. The lowest BCUT2D eigenvalue weighted by molar-refractivity contribution is 0.0942. The summed E-state index contributed by atoms with van der Waals surface area (Å²) in [6, 6.07) is 6.09. The van der Waals surface area contributed by atoms with Gasteiger partial charge in [-0.25, -0.2) is 8.42 Å². The molecule has 1 aliphatic carbocycles. The van der Waals surface area contributed by atoms with Crippen molar-refractivity contribution in [1.82, 2.24) is 5.32 Å². The van der Waals surface area contributed by atoms with Crippen molar-refractivity contribution in [2.45, 2.75) is 37.5 Å². The third-order valence-corrected chi connectivity index (χ3v) is 5.36. The summed E-state index contributed by atoms with van der Waals surface area (Å²) in [5.41, 5.74) is 0.506. The van der Waals surface area contributed by atoms with Crippen molar-refractivity contribution < 1.29 is 13.2 Å². The largest absolute Gasteiger partial charge is 0.352 e. The molecule has 0 atom stereocenters. The Bertz CT molecular complexity index is 584. The lowest BCUT2D eigenvalue weighted by atomic mass is 9.83. The van der Waals surface area contributed by atoms with Gasteiger partial charge in [-0.2, -0.15) is 0 Å². The molecule has 2 rings (SSSR count). The molecule has 0 bridgehead atoms. The van der Waals surface area contributed by atoms with Crippen LogP contribution in [0.5, 0.6) is 0 Å². The smallest absolute Gasteiger partial charge is 0.251 e. The van der Waals surface area contributed by atoms with Crippen molar-refractivity contribution in [3.63, 3.8) is 0 Å². The summed E-state index contributed by atoms with van der Waals surface area (Å²) in [7, 11) is -3.21. The fraction of sp³-hybridized carbons (Fsp3) is 0.562. The van der Waals surface area contributed by atoms with Gasteiger partial charge in [0.05, 0.1) is 4.90 Å². The molecule has 0 saturated heterocycles. The Hall–Kier alpha value is -1.36. The second kappa shape index (κ2) is 6.60. The molecule has 0 aromatic heterocycles. The highest BCUT2D eigenvalue weighted by molar-refractivity contribution is 7.90. The summed E-state index contributed by atoms with van der Waals surface area (Å²) in [6.45, 7) is 2.98. The Kier molecular flexibility index (Phi) is 5.04. The van der Waals surface area contributed by atoms with Gasteiger partial charge in [0, 0.05) is 18.4 Å². The second-order valence-electron chi connectivity index (χ2n) is 6.13. The summed E-state index contributed by atoms with van der Waals surface area (Å²) in [5.74, 6) is 1.25. The fourth-order valence-corrected chi connectivity index (χ4v) is 3.36. The van der Waals surface area contributed by atoms with Crippen molar-refractivity contribution in [3.8, 4) is 0 Å². The van der Waals surface area contributed by atoms with Crippen LogP contribution in [0.25, 0.3) is 0 Å². The van der Waals surface area contributed by atoms with Crippen LogP contribution in [0.15, 0.2) is 29.2 Å². The number of hydrogen-bond donors (Lipinski definition) is 1. The standard InChI is InChI=1S/C16H23NO3S/c1-12-3-5-13(6-4-12)11-17-16(18)14-7-9-15(10-8-14)21(2,19)20/h7-10,12-13H,3-6,11H2,1-2H3,(H,17,18). The van der Waals surface area contributed by atoms with E-state index in [0.717, 1.165) is 12.2 Å². The highest BCUT2D eigenvalue weighted by Gasteiger charge is 2.19. The number of nitrogens with one attached hydrogen (secondary N) is 1. The normalized spacial score (nSPS) is 22.8. The molecule has 1 amide bonds. The minimum absolute atomic E-state index is 0.131. The van der Waals surface area contributed by atoms with Crippen molar-refractivity contribution in [1.29, 1.82) is 0 Å². The lowest BCUT2D eigenvalue weighted by Crippen LogP contribution is -2.31. The van der Waals surface area contributed by atoms with Gasteiger partial charge in [-0.3, -0.25) is 4.79 Å². The molecule has 21 heavy (non-hydrogen) atoms. The van der Waals surface area contributed by atoms with Crippen LogP contribution >= 0.6 is 0 Å². The van der Waals surface area contributed by atoms with Gasteiger partial charge in [0.15, 0.2) is 9.84 Å². The number of amides is 1. The van der Waals surface area contributed by atoms with Crippen LogP contribution < -0.4 is 5.32 Å². The zero-order valence-electron chi connectivity index (χ0n) is 12.6. The van der Waals surface area contributed by atoms with E-state index >= 15 is 0 Å². The van der Waals surface area contributed by atoms with Gasteiger partial charge < -0.3 is 5.32 Å². The minimum Gasteiger partial charge on any atom is -0.352 e. The molecule has 1 aliphatic rings. The quantitative estimate of drug-likeness (QED) is 0.930. The van der Waals surface area contributed by atoms with Crippen LogP contribution in [0.2, 0.25) is 0 Å². The van der Waals surface area contributed by atoms with Gasteiger partial charge in [-0.05, 0) is 48.9 Å². The summed E-state index contributed by atoms with van der Waals surface area (Å²) in [4.78, 5) is 12.3. The van der Waals surface area contributed by atoms with Crippen molar-refractivity contribution in [3.05, 3.63) is 29.8 Å². The van der Waals surface area contributed by atoms with Crippen LogP contribution in [0.4, 0.5) is 0 Å². The monoisotopic (exact) mass is 309 g/mol. The minimum atomic E-state index is -3.21. The zero-order valence-corrected chi connectivity index (χ0v) is 13.4. The van der Waals surface area contributed by atoms with E-state index in [-0.39, 0.29) is 10.8 Å². The van der Waals surface area contributed by atoms with E-state index in [0.29, 0.717) is 18.0 Å². The SMILES string of the molecule is CC1CCC(CNC(=O)c2ccc(S(C)(=O)=O)cc2)CC1. The average molecular weight is 309 g/mol. The maximum atomic E-state index is 12.1. The molecule has 0 heterocycles. The van der Waals surface area contributed by atoms with Crippen LogP contribution in [-0.2, 0) is 9.84 Å². The molecule has 0 unspecified atom stereocenters. The van der Waals surface area contributed by atoms with E-state index < -0.39 is 9.84 Å². The van der Waals surface area contributed by atoms with E-state index in [4.69, 9.17) is 0 Å². The van der Waals surface area contributed by atoms with Crippen LogP contribution in [0, 0.1) is 11.8 Å². The van der Waals surface area contributed by atoms with Gasteiger partial charge in [0.25, 0.3) is 5.91 Å². The highest BCUT2D eigenvalue weighted by Crippen LogP contribution is 2.27. The Morgan fingerprint density at radius 2 is 1.71 bits per heavy atom. The second-order valence-corrected chi connectivity index (χ2v) is 8.15. The van der Waals surface area contributed by atoms with E-state index in [1.54, 1.807) is 12.1 Å². The topological polar surface area (TPSA) is 63.2 Å². The zero-order chi connectivity index (χ0) is 15.5. The molecule has 1 saturated carbocycles. The predicted molar refractivity (Wildman–Crippen MR) is 83.0 cm³/mol. The summed E-state index contributed by atoms with van der Waals surface area (Å²) < 4.78 is 22.7. The van der Waals surface area contributed by atoms with E-state index in [1.807, 2.05) is 0 Å². The maximum absolute atomic E-state index is 12.1. The first-order chi connectivity index (χ1) is 9.86. The van der Waals surface area contributed by atoms with E-state index in [2.05, 4.69) is 12.2 Å². The third kappa shape index (κ3) is 4.56. The summed E-state index contributed by atoms with van der Waals surface area (Å²) in [5, 5.41) is 2.95. The van der Waals surface area contributed by atoms with Gasteiger partial charge in [-0.1, -0.05) is 19.8 Å². The lowest BCUT2D eigenvalue weighted by Gasteiger charge is -2.26. The molecule has 1 aromatic rings. The van der Waals surface area contributed by atoms with Crippen LogP contribution in [0.3, 0.4) is 0 Å². The molecular weight excluding hydrogens is 286 g/mol. The highest BCUT2D eigenvalue weighted by atomic mass is 32.2. The van der Waals surface area contributed by atoms with E-state index in [1.165, 1.54) is 37.8 Å². The Morgan fingerprint density at radius 1 is 1.14 bits per heavy atom. The number of benzene rings is 1. The Balaban J connectivity index is 1.89. The molecule has 1 N–H and O–H groups in total. The number of carbonyl (C=O) groups is 1. The molecule has 4 nitrogen and oxygen atoms in total. The molecule has 5 heteroatoms. The van der Waals surface area contributed by atoms with Gasteiger partial charge in [-0.15, -0.1) is 0 Å². The molecular formula is C16H23NO3S. The number of carbonyl (C=O) groups excluding carboxylic acids is 1.